The highest BCUT2D eigenvalue weighted by Gasteiger charge is 2.43. The first-order valence-corrected chi connectivity index (χ1v) is 18.5. The van der Waals surface area contributed by atoms with Crippen LogP contribution in [0.3, 0.4) is 0 Å². The molecule has 0 saturated carbocycles. The number of H-pyrrole nitrogens is 1. The van der Waals surface area contributed by atoms with Crippen molar-refractivity contribution in [2.75, 3.05) is 25.0 Å². The zero-order valence-electron chi connectivity index (χ0n) is 30.4. The molecule has 4 aromatic carbocycles. The van der Waals surface area contributed by atoms with Crippen molar-refractivity contribution in [3.63, 3.8) is 0 Å². The molecule has 2 fully saturated rings. The Hall–Kier alpha value is -5.77. The molecule has 1 amide bonds. The summed E-state index contributed by atoms with van der Waals surface area (Å²) in [5.41, 5.74) is 7.45. The number of halogens is 1. The number of nitrogens with zero attached hydrogens (tertiary/aromatic N) is 5. The van der Waals surface area contributed by atoms with Crippen LogP contribution in [0, 0.1) is 31.0 Å². The van der Waals surface area contributed by atoms with Crippen LogP contribution in [-0.4, -0.2) is 56.4 Å². The van der Waals surface area contributed by atoms with Gasteiger partial charge in [0.15, 0.2) is 11.5 Å². The van der Waals surface area contributed by atoms with Crippen molar-refractivity contribution in [1.82, 2.24) is 24.6 Å². The Morgan fingerprint density at radius 3 is 2.67 bits per heavy atom. The summed E-state index contributed by atoms with van der Waals surface area (Å²) in [6, 6.07) is 21.9. The van der Waals surface area contributed by atoms with Crippen molar-refractivity contribution in [1.29, 1.82) is 5.26 Å². The van der Waals surface area contributed by atoms with Gasteiger partial charge in [-0.3, -0.25) is 14.8 Å². The third-order valence-corrected chi connectivity index (χ3v) is 11.2. The van der Waals surface area contributed by atoms with E-state index < -0.39 is 11.6 Å². The van der Waals surface area contributed by atoms with E-state index in [0.29, 0.717) is 30.2 Å². The number of benzene rings is 4. The molecule has 2 aromatic heterocycles. The number of carbonyl (C=O) groups is 1. The SMILES string of the molecule is Cc1n[nH]c2c(C)cc(NC(=O)c3ccc4c(c3)nc(CN3CCC(c5cccc6c5OC(C)(c5ccc(C#N)cc5F)O6)CC3)n4C[C@@H]3CCO3)cc12. The molecule has 11 nitrogen and oxygen atoms in total. The second-order valence-electron chi connectivity index (χ2n) is 14.8. The van der Waals surface area contributed by atoms with Crippen LogP contribution < -0.4 is 14.8 Å². The maximum atomic E-state index is 15.1. The Morgan fingerprint density at radius 1 is 1.07 bits per heavy atom. The minimum Gasteiger partial charge on any atom is -0.444 e. The number of para-hydroxylation sites is 1. The topological polar surface area (TPSA) is 130 Å². The second-order valence-corrected chi connectivity index (χ2v) is 14.8. The van der Waals surface area contributed by atoms with E-state index in [9.17, 15) is 10.1 Å². The molecule has 6 aromatic rings. The Kier molecular flexibility index (Phi) is 8.36. The molecule has 54 heavy (non-hydrogen) atoms. The summed E-state index contributed by atoms with van der Waals surface area (Å²) in [5.74, 6) is 0.350. The molecule has 2 atom stereocenters. The maximum absolute atomic E-state index is 15.1. The largest absolute Gasteiger partial charge is 0.444 e. The van der Waals surface area contributed by atoms with E-state index in [-0.39, 0.29) is 29.1 Å². The van der Waals surface area contributed by atoms with Crippen molar-refractivity contribution < 1.29 is 23.4 Å². The molecule has 0 bridgehead atoms. The van der Waals surface area contributed by atoms with Crippen molar-refractivity contribution >= 4 is 33.5 Å². The highest BCUT2D eigenvalue weighted by Crippen LogP contribution is 2.50. The van der Waals surface area contributed by atoms with E-state index in [0.717, 1.165) is 89.2 Å². The van der Waals surface area contributed by atoms with Crippen molar-refractivity contribution in [2.45, 2.75) is 70.9 Å². The molecular weight excluding hydrogens is 686 g/mol. The van der Waals surface area contributed by atoms with Gasteiger partial charge in [-0.15, -0.1) is 0 Å². The fourth-order valence-electron chi connectivity index (χ4n) is 8.11. The number of piperidine rings is 1. The molecule has 0 aliphatic carbocycles. The predicted molar refractivity (Wildman–Crippen MR) is 201 cm³/mol. The molecule has 0 spiro atoms. The van der Waals surface area contributed by atoms with Gasteiger partial charge in [-0.2, -0.15) is 10.4 Å². The first-order chi connectivity index (χ1) is 26.2. The van der Waals surface area contributed by atoms with Gasteiger partial charge in [-0.25, -0.2) is 9.37 Å². The zero-order valence-corrected chi connectivity index (χ0v) is 30.4. The normalized spacial score (nSPS) is 19.9. The number of nitrogens with one attached hydrogen (secondary N) is 2. The molecule has 3 aliphatic heterocycles. The number of aryl methyl sites for hydroxylation is 2. The minimum absolute atomic E-state index is 0.144. The number of rotatable bonds is 8. The van der Waals surface area contributed by atoms with Gasteiger partial charge in [0.1, 0.15) is 11.6 Å². The van der Waals surface area contributed by atoms with Crippen LogP contribution in [0.15, 0.2) is 66.7 Å². The molecule has 2 saturated heterocycles. The number of ether oxygens (including phenoxy) is 3. The van der Waals surface area contributed by atoms with Crippen LogP contribution >= 0.6 is 0 Å². The van der Waals surface area contributed by atoms with Crippen molar-refractivity contribution in [3.05, 3.63) is 112 Å². The zero-order chi connectivity index (χ0) is 37.1. The standard InChI is InChI=1S/C42H40FN7O4/c1-24-17-29(20-32-25(2)47-48-39(24)32)45-41(51)28-8-10-36-35(19-28)46-38(50(36)22-30-13-16-52-30)23-49-14-11-27(12-15-49)31-5-4-6-37-40(31)54-42(3,53-37)33-9-7-26(21-44)18-34(33)43/h4-10,17-20,27,30H,11-16,22-23H2,1-3H3,(H,45,51)(H,47,48)/t30-,42?/m0/s1. The van der Waals surface area contributed by atoms with Crippen molar-refractivity contribution in [2.24, 2.45) is 0 Å². The number of nitriles is 1. The van der Waals surface area contributed by atoms with Crippen LogP contribution in [0.4, 0.5) is 10.1 Å². The van der Waals surface area contributed by atoms with Gasteiger partial charge in [-0.05, 0) is 112 Å². The Labute approximate surface area is 311 Å². The van der Waals surface area contributed by atoms with E-state index in [4.69, 9.17) is 19.2 Å². The predicted octanol–water partition coefficient (Wildman–Crippen LogP) is 7.61. The Bertz CT molecular complexity index is 2490. The first kappa shape index (κ1) is 34.0. The molecular formula is C42H40FN7O4. The Morgan fingerprint density at radius 2 is 1.91 bits per heavy atom. The lowest BCUT2D eigenvalue weighted by atomic mass is 9.88. The van der Waals surface area contributed by atoms with Crippen LogP contribution in [0.25, 0.3) is 21.9 Å². The quantitative estimate of drug-likeness (QED) is 0.164. The molecule has 3 aliphatic rings. The van der Waals surface area contributed by atoms with Gasteiger partial charge in [-0.1, -0.05) is 12.1 Å². The monoisotopic (exact) mass is 725 g/mol. The highest BCUT2D eigenvalue weighted by molar-refractivity contribution is 6.07. The van der Waals surface area contributed by atoms with Gasteiger partial charge < -0.3 is 24.1 Å². The molecule has 2 N–H and O–H groups in total. The lowest BCUT2D eigenvalue weighted by Gasteiger charge is -2.33. The van der Waals surface area contributed by atoms with Gasteiger partial charge in [0.05, 0.1) is 58.6 Å². The number of amides is 1. The number of hydrogen-bond acceptors (Lipinski definition) is 8. The maximum Gasteiger partial charge on any atom is 0.278 e. The number of hydrogen-bond donors (Lipinski definition) is 2. The van der Waals surface area contributed by atoms with Gasteiger partial charge in [0, 0.05) is 35.7 Å². The van der Waals surface area contributed by atoms with E-state index in [1.807, 2.05) is 62.4 Å². The number of aromatic nitrogens is 4. The lowest BCUT2D eigenvalue weighted by molar-refractivity contribution is -0.0712. The van der Waals surface area contributed by atoms with Gasteiger partial charge in [0.2, 0.25) is 0 Å². The third kappa shape index (κ3) is 6.03. The lowest BCUT2D eigenvalue weighted by Crippen LogP contribution is -2.35. The number of imidazole rings is 1. The summed E-state index contributed by atoms with van der Waals surface area (Å²) < 4.78 is 35.8. The van der Waals surface area contributed by atoms with Crippen LogP contribution in [0.5, 0.6) is 11.5 Å². The average Bonchev–Trinajstić information content (AvgIpc) is 3.81. The highest BCUT2D eigenvalue weighted by atomic mass is 19.1. The molecule has 9 rings (SSSR count). The second kappa shape index (κ2) is 13.3. The summed E-state index contributed by atoms with van der Waals surface area (Å²) in [6.07, 6.45) is 2.96. The third-order valence-electron chi connectivity index (χ3n) is 11.2. The van der Waals surface area contributed by atoms with E-state index in [1.165, 1.54) is 6.07 Å². The summed E-state index contributed by atoms with van der Waals surface area (Å²) in [4.78, 5) is 21.0. The molecule has 274 valence electrons. The van der Waals surface area contributed by atoms with Crippen LogP contribution in [0.1, 0.15) is 76.2 Å². The summed E-state index contributed by atoms with van der Waals surface area (Å²) in [7, 11) is 0. The minimum atomic E-state index is -1.34. The van der Waals surface area contributed by atoms with Crippen molar-refractivity contribution in [3.8, 4) is 17.6 Å². The smallest absolute Gasteiger partial charge is 0.278 e. The van der Waals surface area contributed by atoms with Gasteiger partial charge >= 0.3 is 0 Å². The first-order valence-electron chi connectivity index (χ1n) is 18.5. The Balaban J connectivity index is 0.912. The number of likely N-dealkylation sites (tertiary alicyclic amines) is 1. The number of fused-ring (bicyclic) bond motifs is 3. The number of anilines is 1. The average molecular weight is 726 g/mol. The van der Waals surface area contributed by atoms with E-state index in [1.54, 1.807) is 19.1 Å². The molecule has 0 radical (unpaired) electrons. The van der Waals surface area contributed by atoms with Crippen LogP contribution in [0.2, 0.25) is 0 Å². The van der Waals surface area contributed by atoms with E-state index in [2.05, 4.69) is 31.0 Å². The van der Waals surface area contributed by atoms with Crippen LogP contribution in [-0.2, 0) is 23.6 Å². The fourth-order valence-corrected chi connectivity index (χ4v) is 8.11. The summed E-state index contributed by atoms with van der Waals surface area (Å²) >= 11 is 0. The molecule has 12 heteroatoms. The number of aromatic amines is 1. The fraction of sp³-hybridized carbons (Fsp3) is 0.333. The summed E-state index contributed by atoms with van der Waals surface area (Å²) in [5, 5.41) is 20.6. The van der Waals surface area contributed by atoms with E-state index >= 15 is 4.39 Å². The summed E-state index contributed by atoms with van der Waals surface area (Å²) in [6.45, 7) is 9.52. The molecule has 5 heterocycles. The number of carbonyl (C=O) groups excluding carboxylic acids is 1. The molecule has 1 unspecified atom stereocenters. The van der Waals surface area contributed by atoms with Gasteiger partial charge in [0.25, 0.3) is 11.7 Å².